The molecule has 4 rings (SSSR count). The molecule has 12 N–H and O–H groups in total. The Hall–Kier alpha value is -3.30. The van der Waals surface area contributed by atoms with E-state index in [2.05, 4.69) is 9.80 Å². The van der Waals surface area contributed by atoms with Gasteiger partial charge >= 0.3 is 11.9 Å². The molecular weight excluding hydrogens is 612 g/mol. The van der Waals surface area contributed by atoms with Crippen LogP contribution in [-0.2, 0) is 9.59 Å². The van der Waals surface area contributed by atoms with E-state index in [9.17, 15) is 20.4 Å². The van der Waals surface area contributed by atoms with Crippen LogP contribution < -0.4 is 0 Å². The summed E-state index contributed by atoms with van der Waals surface area (Å²) in [6, 6.07) is 14.6. The Morgan fingerprint density at radius 1 is 0.574 bits per heavy atom. The maximum atomic E-state index is 11.0. The second kappa shape index (κ2) is 21.5. The second-order valence-electron chi connectivity index (χ2n) is 12.8. The molecule has 0 amide bonds. The maximum absolute atomic E-state index is 11.0. The van der Waals surface area contributed by atoms with Crippen molar-refractivity contribution < 1.29 is 56.7 Å². The zero-order valence-corrected chi connectivity index (χ0v) is 28.2. The first-order valence-corrected chi connectivity index (χ1v) is 15.4. The third-order valence-corrected chi connectivity index (χ3v) is 8.61. The number of benzene rings is 2. The Morgan fingerprint density at radius 3 is 1.04 bits per heavy atom. The molecule has 2 aliphatic carbocycles. The lowest BCUT2D eigenvalue weighted by atomic mass is 9.72. The van der Waals surface area contributed by atoms with E-state index in [-0.39, 0.29) is 39.8 Å². The van der Waals surface area contributed by atoms with Gasteiger partial charge in [0, 0.05) is 24.9 Å². The quantitative estimate of drug-likeness (QED) is 0.223. The molecule has 0 bridgehead atoms. The highest BCUT2D eigenvalue weighted by Crippen LogP contribution is 2.41. The smallest absolute Gasteiger partial charge is 0.414 e. The van der Waals surface area contributed by atoms with Gasteiger partial charge in [-0.15, -0.1) is 0 Å². The number of hydrogen-bond donors (Lipinski definition) is 6. The van der Waals surface area contributed by atoms with Crippen LogP contribution >= 0.6 is 0 Å². The SMILES string of the molecule is CN(C)CC(c1ccc(O)cc1)C1(O)CCCCC1.CN(C)CC(c1ccc(O)cc1)C1(O)CCCCC1.O.O.O.O=C(O)C(=O)O. The van der Waals surface area contributed by atoms with Crippen molar-refractivity contribution in [2.45, 2.75) is 87.2 Å². The summed E-state index contributed by atoms with van der Waals surface area (Å²) in [7, 11) is 8.17. The number of carboxylic acids is 2. The molecule has 2 unspecified atom stereocenters. The van der Waals surface area contributed by atoms with Gasteiger partial charge in [0.05, 0.1) is 11.2 Å². The Labute approximate surface area is 278 Å². The molecule has 2 fully saturated rings. The number of aliphatic carboxylic acids is 2. The predicted molar refractivity (Wildman–Crippen MR) is 181 cm³/mol. The number of rotatable bonds is 8. The number of aromatic hydroxyl groups is 2. The largest absolute Gasteiger partial charge is 0.508 e. The highest BCUT2D eigenvalue weighted by atomic mass is 16.4. The molecule has 2 atom stereocenters. The highest BCUT2D eigenvalue weighted by Gasteiger charge is 2.40. The van der Waals surface area contributed by atoms with Gasteiger partial charge in [0.15, 0.2) is 0 Å². The van der Waals surface area contributed by atoms with Gasteiger partial charge in [0.25, 0.3) is 0 Å². The van der Waals surface area contributed by atoms with Gasteiger partial charge in [-0.3, -0.25) is 0 Å². The fourth-order valence-electron chi connectivity index (χ4n) is 6.34. The average molecular weight is 671 g/mol. The van der Waals surface area contributed by atoms with Crippen LogP contribution in [0.1, 0.15) is 87.2 Å². The summed E-state index contributed by atoms with van der Waals surface area (Å²) in [5, 5.41) is 55.7. The molecular formula is C34H58N2O11. The number of carbonyl (C=O) groups is 2. The van der Waals surface area contributed by atoms with Crippen molar-refractivity contribution >= 4 is 11.9 Å². The fourth-order valence-corrected chi connectivity index (χ4v) is 6.34. The Morgan fingerprint density at radius 2 is 0.830 bits per heavy atom. The van der Waals surface area contributed by atoms with Crippen molar-refractivity contribution in [2.24, 2.45) is 0 Å². The van der Waals surface area contributed by atoms with Gasteiger partial charge in [-0.2, -0.15) is 0 Å². The van der Waals surface area contributed by atoms with Crippen LogP contribution in [-0.4, -0.2) is 121 Å². The van der Waals surface area contributed by atoms with Gasteiger partial charge < -0.3 is 56.9 Å². The molecule has 0 radical (unpaired) electrons. The third kappa shape index (κ3) is 15.0. The number of nitrogens with zero attached hydrogens (tertiary/aromatic N) is 2. The van der Waals surface area contributed by atoms with Crippen LogP contribution in [0.15, 0.2) is 48.5 Å². The molecule has 2 aliphatic rings. The van der Waals surface area contributed by atoms with Gasteiger partial charge in [-0.05, 0) is 89.3 Å². The minimum absolute atomic E-state index is 0. The van der Waals surface area contributed by atoms with E-state index >= 15 is 0 Å². The highest BCUT2D eigenvalue weighted by molar-refractivity contribution is 6.27. The number of carboxylic acid groups (broad SMARTS) is 2. The number of aliphatic hydroxyl groups is 2. The summed E-state index contributed by atoms with van der Waals surface area (Å²) in [5.74, 6) is -2.86. The van der Waals surface area contributed by atoms with Crippen molar-refractivity contribution in [3.8, 4) is 11.5 Å². The van der Waals surface area contributed by atoms with E-state index in [1.807, 2.05) is 52.5 Å². The Kier molecular flexibility index (Phi) is 21.0. The molecule has 0 spiro atoms. The molecule has 13 heteroatoms. The first-order chi connectivity index (χ1) is 20.7. The first-order valence-electron chi connectivity index (χ1n) is 15.4. The lowest BCUT2D eigenvalue weighted by molar-refractivity contribution is -0.159. The average Bonchev–Trinajstić information content (AvgIpc) is 2.97. The van der Waals surface area contributed by atoms with Crippen molar-refractivity contribution in [2.75, 3.05) is 41.3 Å². The van der Waals surface area contributed by atoms with Crippen molar-refractivity contribution in [3.63, 3.8) is 0 Å². The molecule has 2 saturated carbocycles. The molecule has 2 aromatic rings. The van der Waals surface area contributed by atoms with Crippen LogP contribution in [0, 0.1) is 0 Å². The fraction of sp³-hybridized carbons (Fsp3) is 0.588. The lowest BCUT2D eigenvalue weighted by Gasteiger charge is -2.40. The molecule has 270 valence electrons. The van der Waals surface area contributed by atoms with Crippen molar-refractivity contribution in [1.82, 2.24) is 9.80 Å². The predicted octanol–water partition coefficient (Wildman–Crippen LogP) is 2.15. The van der Waals surface area contributed by atoms with E-state index in [1.54, 1.807) is 24.3 Å². The van der Waals surface area contributed by atoms with E-state index < -0.39 is 23.1 Å². The first kappa shape index (κ1) is 45.8. The minimum atomic E-state index is -1.82. The zero-order chi connectivity index (χ0) is 32.9. The topological polar surface area (TPSA) is 256 Å². The molecule has 47 heavy (non-hydrogen) atoms. The van der Waals surface area contributed by atoms with Gasteiger partial charge in [0.2, 0.25) is 0 Å². The third-order valence-electron chi connectivity index (χ3n) is 8.61. The molecule has 0 heterocycles. The molecule has 0 aromatic heterocycles. The second-order valence-corrected chi connectivity index (χ2v) is 12.8. The lowest BCUT2D eigenvalue weighted by Crippen LogP contribution is -2.42. The van der Waals surface area contributed by atoms with Gasteiger partial charge in [-0.25, -0.2) is 9.59 Å². The molecule has 13 nitrogen and oxygen atoms in total. The monoisotopic (exact) mass is 670 g/mol. The summed E-state index contributed by atoms with van der Waals surface area (Å²) in [6.45, 7) is 1.67. The maximum Gasteiger partial charge on any atom is 0.414 e. The molecule has 0 saturated heterocycles. The van der Waals surface area contributed by atoms with Crippen LogP contribution in [0.5, 0.6) is 11.5 Å². The van der Waals surface area contributed by atoms with Crippen LogP contribution in [0.2, 0.25) is 0 Å². The van der Waals surface area contributed by atoms with E-state index in [4.69, 9.17) is 19.8 Å². The van der Waals surface area contributed by atoms with Gasteiger partial charge in [-0.1, -0.05) is 62.8 Å². The van der Waals surface area contributed by atoms with Crippen molar-refractivity contribution in [3.05, 3.63) is 59.7 Å². The number of hydrogen-bond acceptors (Lipinski definition) is 8. The van der Waals surface area contributed by atoms with Crippen LogP contribution in [0.3, 0.4) is 0 Å². The number of phenols is 2. The zero-order valence-electron chi connectivity index (χ0n) is 28.2. The summed E-state index contributed by atoms with van der Waals surface area (Å²) in [5.41, 5.74) is 1.05. The summed E-state index contributed by atoms with van der Waals surface area (Å²) < 4.78 is 0. The number of phenolic OH excluding ortho intramolecular Hbond substituents is 2. The van der Waals surface area contributed by atoms with Crippen molar-refractivity contribution in [1.29, 1.82) is 0 Å². The Balaban J connectivity index is 0. The summed E-state index contributed by atoms with van der Waals surface area (Å²) in [4.78, 5) is 22.5. The summed E-state index contributed by atoms with van der Waals surface area (Å²) in [6.07, 6.45) is 10.4. The van der Waals surface area contributed by atoms with Crippen LogP contribution in [0.4, 0.5) is 0 Å². The molecule has 2 aromatic carbocycles. The summed E-state index contributed by atoms with van der Waals surface area (Å²) >= 11 is 0. The van der Waals surface area contributed by atoms with E-state index in [0.717, 1.165) is 75.6 Å². The Bertz CT molecular complexity index is 1050. The molecule has 0 aliphatic heterocycles. The minimum Gasteiger partial charge on any atom is -0.508 e. The standard InChI is InChI=1S/2C16H25NO2.C2H2O4.3H2O/c2*1-17(2)12-15(13-6-8-14(18)9-7-13)16(19)10-4-3-5-11-16;3-1(4)2(5)6;;;/h2*6-9,15,18-19H,3-5,10-12H2,1-2H3;(H,3,4)(H,5,6);3*1H2. The normalized spacial score (nSPS) is 17.4. The van der Waals surface area contributed by atoms with E-state index in [0.29, 0.717) is 0 Å². The van der Waals surface area contributed by atoms with E-state index in [1.165, 1.54) is 12.8 Å². The number of likely N-dealkylation sites (N-methyl/N-ethyl adjacent to an activating group) is 2. The van der Waals surface area contributed by atoms with Gasteiger partial charge in [0.1, 0.15) is 11.5 Å². The van der Waals surface area contributed by atoms with Crippen LogP contribution in [0.25, 0.3) is 0 Å².